The first-order valence-corrected chi connectivity index (χ1v) is 7.82. The molecule has 0 atom stereocenters. The van der Waals surface area contributed by atoms with Crippen LogP contribution in [0.25, 0.3) is 0 Å². The summed E-state index contributed by atoms with van der Waals surface area (Å²) >= 11 is 0. The maximum atomic E-state index is 12.3. The number of hydrogen-bond donors (Lipinski definition) is 1. The third-order valence-corrected chi connectivity index (χ3v) is 4.25. The zero-order valence-electron chi connectivity index (χ0n) is 14.0. The molecule has 2 rings (SSSR count). The van der Waals surface area contributed by atoms with Gasteiger partial charge in [-0.1, -0.05) is 18.2 Å². The van der Waals surface area contributed by atoms with Gasteiger partial charge in [0.25, 0.3) is 0 Å². The minimum Gasteiger partial charge on any atom is -0.399 e. The number of para-hydroxylation sites is 1. The Morgan fingerprint density at radius 1 is 1.22 bits per heavy atom. The number of carbonyl (C=O) groups is 1. The molecule has 1 aliphatic rings. The Hall–Kier alpha value is -0.970. The summed E-state index contributed by atoms with van der Waals surface area (Å²) in [6, 6.07) is 7.80. The van der Waals surface area contributed by atoms with E-state index in [1.807, 2.05) is 29.2 Å². The number of nitrogens with two attached hydrogens (primary N) is 1. The number of aryl methyl sites for hydroxylation is 1. The maximum absolute atomic E-state index is 12.3. The fraction of sp³-hybridized carbons (Fsp3) is 0.588. The lowest BCUT2D eigenvalue weighted by atomic mass is 9.96. The second kappa shape index (κ2) is 10.7. The van der Waals surface area contributed by atoms with Crippen molar-refractivity contribution in [2.75, 3.05) is 39.5 Å². The van der Waals surface area contributed by atoms with Crippen molar-refractivity contribution in [2.24, 2.45) is 5.92 Å². The lowest BCUT2D eigenvalue weighted by molar-refractivity contribution is -0.132. The van der Waals surface area contributed by atoms with E-state index in [2.05, 4.69) is 19.0 Å². The molecular formula is C17H29Cl2N3O. The first-order valence-electron chi connectivity index (χ1n) is 7.82. The van der Waals surface area contributed by atoms with E-state index in [4.69, 9.17) is 5.73 Å². The van der Waals surface area contributed by atoms with Crippen LogP contribution in [-0.4, -0.2) is 49.4 Å². The van der Waals surface area contributed by atoms with E-state index in [1.54, 1.807) is 0 Å². The molecular weight excluding hydrogens is 333 g/mol. The van der Waals surface area contributed by atoms with Crippen LogP contribution in [0.3, 0.4) is 0 Å². The van der Waals surface area contributed by atoms with Crippen molar-refractivity contribution in [3.05, 3.63) is 29.8 Å². The lowest BCUT2D eigenvalue weighted by Gasteiger charge is -2.33. The average molecular weight is 362 g/mol. The van der Waals surface area contributed by atoms with E-state index < -0.39 is 0 Å². The highest BCUT2D eigenvalue weighted by atomic mass is 35.5. The summed E-state index contributed by atoms with van der Waals surface area (Å²) in [6.07, 6.45) is 3.55. The SMILES string of the molecule is CN(C)CC1CCN(C(=O)CCc2ccccc2N)CC1.Cl.Cl. The topological polar surface area (TPSA) is 49.6 Å². The van der Waals surface area contributed by atoms with Gasteiger partial charge in [0.15, 0.2) is 0 Å². The first kappa shape index (κ1) is 22.0. The molecule has 0 unspecified atom stereocenters. The number of halogens is 2. The van der Waals surface area contributed by atoms with E-state index in [0.717, 1.165) is 56.1 Å². The number of hydrogen-bond acceptors (Lipinski definition) is 3. The van der Waals surface area contributed by atoms with Crippen molar-refractivity contribution >= 4 is 36.4 Å². The fourth-order valence-electron chi connectivity index (χ4n) is 3.04. The summed E-state index contributed by atoms with van der Waals surface area (Å²) in [6.45, 7) is 2.94. The number of benzene rings is 1. The first-order chi connectivity index (χ1) is 10.1. The van der Waals surface area contributed by atoms with Gasteiger partial charge in [-0.05, 0) is 50.9 Å². The normalized spacial score (nSPS) is 15.0. The molecule has 2 N–H and O–H groups in total. The van der Waals surface area contributed by atoms with Crippen LogP contribution >= 0.6 is 24.8 Å². The Labute approximate surface area is 152 Å². The molecule has 132 valence electrons. The van der Waals surface area contributed by atoms with Crippen LogP contribution in [0, 0.1) is 5.92 Å². The summed E-state index contributed by atoms with van der Waals surface area (Å²) in [5.41, 5.74) is 7.78. The molecule has 4 nitrogen and oxygen atoms in total. The van der Waals surface area contributed by atoms with Crippen molar-refractivity contribution in [3.8, 4) is 0 Å². The number of nitrogens with zero attached hydrogens (tertiary/aromatic N) is 2. The Bertz CT molecular complexity index is 475. The van der Waals surface area contributed by atoms with Gasteiger partial charge in [-0.25, -0.2) is 0 Å². The summed E-state index contributed by atoms with van der Waals surface area (Å²) in [5.74, 6) is 0.996. The largest absolute Gasteiger partial charge is 0.399 e. The number of anilines is 1. The summed E-state index contributed by atoms with van der Waals surface area (Å²) in [5, 5.41) is 0. The van der Waals surface area contributed by atoms with E-state index in [-0.39, 0.29) is 30.7 Å². The molecule has 0 saturated carbocycles. The van der Waals surface area contributed by atoms with Gasteiger partial charge < -0.3 is 15.5 Å². The van der Waals surface area contributed by atoms with Gasteiger partial charge >= 0.3 is 0 Å². The highest BCUT2D eigenvalue weighted by molar-refractivity contribution is 5.85. The number of nitrogen functional groups attached to an aromatic ring is 1. The summed E-state index contributed by atoms with van der Waals surface area (Å²) in [4.78, 5) is 16.5. The predicted octanol–water partition coefficient (Wildman–Crippen LogP) is 2.85. The Morgan fingerprint density at radius 3 is 2.39 bits per heavy atom. The molecule has 1 fully saturated rings. The van der Waals surface area contributed by atoms with Gasteiger partial charge in [0, 0.05) is 31.7 Å². The highest BCUT2D eigenvalue weighted by Crippen LogP contribution is 2.19. The number of piperidine rings is 1. The number of amides is 1. The minimum atomic E-state index is 0. The van der Waals surface area contributed by atoms with E-state index in [9.17, 15) is 4.79 Å². The van der Waals surface area contributed by atoms with Gasteiger partial charge in [0.05, 0.1) is 0 Å². The molecule has 1 aromatic carbocycles. The van der Waals surface area contributed by atoms with Crippen molar-refractivity contribution in [1.29, 1.82) is 0 Å². The van der Waals surface area contributed by atoms with Crippen LogP contribution < -0.4 is 5.73 Å². The third kappa shape index (κ3) is 6.98. The fourth-order valence-corrected chi connectivity index (χ4v) is 3.04. The van der Waals surface area contributed by atoms with Crippen LogP contribution in [0.15, 0.2) is 24.3 Å². The van der Waals surface area contributed by atoms with Gasteiger partial charge in [-0.3, -0.25) is 4.79 Å². The number of carbonyl (C=O) groups excluding carboxylic acids is 1. The van der Waals surface area contributed by atoms with E-state index in [1.165, 1.54) is 0 Å². The van der Waals surface area contributed by atoms with E-state index in [0.29, 0.717) is 6.42 Å². The molecule has 0 radical (unpaired) electrons. The van der Waals surface area contributed by atoms with Gasteiger partial charge in [-0.15, -0.1) is 24.8 Å². The van der Waals surface area contributed by atoms with Crippen molar-refractivity contribution in [1.82, 2.24) is 9.80 Å². The van der Waals surface area contributed by atoms with Crippen LogP contribution in [0.1, 0.15) is 24.8 Å². The molecule has 6 heteroatoms. The highest BCUT2D eigenvalue weighted by Gasteiger charge is 2.22. The zero-order chi connectivity index (χ0) is 15.2. The van der Waals surface area contributed by atoms with Gasteiger partial charge in [0.1, 0.15) is 0 Å². The monoisotopic (exact) mass is 361 g/mol. The van der Waals surface area contributed by atoms with Crippen LogP contribution in [0.2, 0.25) is 0 Å². The van der Waals surface area contributed by atoms with Crippen LogP contribution in [-0.2, 0) is 11.2 Å². The smallest absolute Gasteiger partial charge is 0.222 e. The van der Waals surface area contributed by atoms with Crippen molar-refractivity contribution in [3.63, 3.8) is 0 Å². The lowest BCUT2D eigenvalue weighted by Crippen LogP contribution is -2.40. The van der Waals surface area contributed by atoms with Crippen LogP contribution in [0.5, 0.6) is 0 Å². The molecule has 1 aliphatic heterocycles. The Balaban J connectivity index is 0.00000242. The number of likely N-dealkylation sites (tertiary alicyclic amines) is 1. The molecule has 0 spiro atoms. The molecule has 0 bridgehead atoms. The Morgan fingerprint density at radius 2 is 1.83 bits per heavy atom. The Kier molecular flexibility index (Phi) is 10.3. The zero-order valence-corrected chi connectivity index (χ0v) is 15.7. The average Bonchev–Trinajstić information content (AvgIpc) is 2.46. The molecule has 23 heavy (non-hydrogen) atoms. The molecule has 1 amide bonds. The van der Waals surface area contributed by atoms with Crippen molar-refractivity contribution in [2.45, 2.75) is 25.7 Å². The van der Waals surface area contributed by atoms with Gasteiger partial charge in [0.2, 0.25) is 5.91 Å². The molecule has 1 heterocycles. The second-order valence-corrected chi connectivity index (χ2v) is 6.29. The summed E-state index contributed by atoms with van der Waals surface area (Å²) in [7, 11) is 4.23. The van der Waals surface area contributed by atoms with Crippen LogP contribution in [0.4, 0.5) is 5.69 Å². The summed E-state index contributed by atoms with van der Waals surface area (Å²) < 4.78 is 0. The molecule has 1 saturated heterocycles. The predicted molar refractivity (Wildman–Crippen MR) is 102 cm³/mol. The van der Waals surface area contributed by atoms with Gasteiger partial charge in [-0.2, -0.15) is 0 Å². The molecule has 0 aromatic heterocycles. The maximum Gasteiger partial charge on any atom is 0.222 e. The van der Waals surface area contributed by atoms with Crippen molar-refractivity contribution < 1.29 is 4.79 Å². The van der Waals surface area contributed by atoms with E-state index >= 15 is 0 Å². The minimum absolute atomic E-state index is 0. The second-order valence-electron chi connectivity index (χ2n) is 6.29. The molecule has 0 aliphatic carbocycles. The quantitative estimate of drug-likeness (QED) is 0.820. The standard InChI is InChI=1S/C17H27N3O.2ClH/c1-19(2)13-14-9-11-20(12-10-14)17(21)8-7-15-5-3-4-6-16(15)18;;/h3-6,14H,7-13,18H2,1-2H3;2*1H. The number of rotatable bonds is 5. The third-order valence-electron chi connectivity index (χ3n) is 4.25. The molecule has 1 aromatic rings.